The van der Waals surface area contributed by atoms with E-state index in [2.05, 4.69) is 0 Å². The molecule has 0 heterocycles. The number of hydrogen-bond acceptors (Lipinski definition) is 4. The number of aromatic hydroxyl groups is 1. The summed E-state index contributed by atoms with van der Waals surface area (Å²) in [6.45, 7) is 3.91. The smallest absolute Gasteiger partial charge is 0.308 e. The fourth-order valence-electron chi connectivity index (χ4n) is 1.99. The highest BCUT2D eigenvalue weighted by molar-refractivity contribution is 5.82. The molecule has 1 amide bonds. The topological polar surface area (TPSA) is 104 Å². The predicted molar refractivity (Wildman–Crippen MR) is 78.8 cm³/mol. The number of benzene rings is 1. The second kappa shape index (κ2) is 7.64. The second-order valence-corrected chi connectivity index (χ2v) is 5.09. The van der Waals surface area contributed by atoms with Crippen LogP contribution in [0.1, 0.15) is 19.4 Å². The summed E-state index contributed by atoms with van der Waals surface area (Å²) in [6.07, 6.45) is 0.344. The first-order valence-electron chi connectivity index (χ1n) is 6.90. The van der Waals surface area contributed by atoms with Gasteiger partial charge in [-0.1, -0.05) is 19.1 Å². The molecule has 2 atom stereocenters. The van der Waals surface area contributed by atoms with Gasteiger partial charge in [-0.15, -0.1) is 0 Å². The van der Waals surface area contributed by atoms with Crippen molar-refractivity contribution >= 4 is 11.9 Å². The van der Waals surface area contributed by atoms with Crippen LogP contribution in [-0.4, -0.2) is 46.1 Å². The molecule has 0 aliphatic heterocycles. The Morgan fingerprint density at radius 3 is 2.33 bits per heavy atom. The molecule has 0 radical (unpaired) electrons. The van der Waals surface area contributed by atoms with Crippen LogP contribution in [0.2, 0.25) is 0 Å². The number of phenolic OH excluding ortho intramolecular Hbond substituents is 1. The lowest BCUT2D eigenvalue weighted by Gasteiger charge is -2.26. The Kier molecular flexibility index (Phi) is 6.17. The Balaban J connectivity index is 2.66. The lowest BCUT2D eigenvalue weighted by atomic mass is 10.0. The van der Waals surface area contributed by atoms with Crippen LogP contribution in [0.15, 0.2) is 24.3 Å². The lowest BCUT2D eigenvalue weighted by Crippen LogP contribution is -2.47. The number of carbonyl (C=O) groups excluding carboxylic acids is 1. The SMILES string of the molecule is CCN(CC(C)C(=O)O)C(=O)C(N)Cc1ccc(O)cc1. The molecular formula is C15H22N2O4. The van der Waals surface area contributed by atoms with E-state index in [1.807, 2.05) is 0 Å². The fraction of sp³-hybridized carbons (Fsp3) is 0.467. The van der Waals surface area contributed by atoms with Crippen molar-refractivity contribution in [3.63, 3.8) is 0 Å². The van der Waals surface area contributed by atoms with Crippen LogP contribution in [0, 0.1) is 5.92 Å². The summed E-state index contributed by atoms with van der Waals surface area (Å²) in [5.41, 5.74) is 6.76. The molecule has 2 unspecified atom stereocenters. The summed E-state index contributed by atoms with van der Waals surface area (Å²) >= 11 is 0. The minimum atomic E-state index is -0.937. The first kappa shape index (κ1) is 17.0. The minimum Gasteiger partial charge on any atom is -0.508 e. The molecule has 1 aromatic rings. The van der Waals surface area contributed by atoms with E-state index in [1.54, 1.807) is 26.0 Å². The zero-order chi connectivity index (χ0) is 16.0. The molecule has 6 nitrogen and oxygen atoms in total. The van der Waals surface area contributed by atoms with E-state index >= 15 is 0 Å². The third kappa shape index (κ3) is 5.07. The molecule has 1 aromatic carbocycles. The number of carboxylic acid groups (broad SMARTS) is 1. The van der Waals surface area contributed by atoms with E-state index in [9.17, 15) is 14.7 Å². The van der Waals surface area contributed by atoms with Gasteiger partial charge in [-0.25, -0.2) is 0 Å². The van der Waals surface area contributed by atoms with Gasteiger partial charge in [0.25, 0.3) is 0 Å². The van der Waals surface area contributed by atoms with Crippen LogP contribution >= 0.6 is 0 Å². The van der Waals surface area contributed by atoms with Crippen molar-refractivity contribution in [1.29, 1.82) is 0 Å². The van der Waals surface area contributed by atoms with E-state index in [4.69, 9.17) is 10.8 Å². The summed E-state index contributed by atoms with van der Waals surface area (Å²) in [6, 6.07) is 5.76. The number of phenols is 1. The highest BCUT2D eigenvalue weighted by atomic mass is 16.4. The van der Waals surface area contributed by atoms with Crippen LogP contribution in [0.5, 0.6) is 5.75 Å². The molecule has 116 valence electrons. The van der Waals surface area contributed by atoms with Crippen molar-refractivity contribution in [2.75, 3.05) is 13.1 Å². The molecular weight excluding hydrogens is 272 g/mol. The van der Waals surface area contributed by atoms with Crippen molar-refractivity contribution in [2.24, 2.45) is 11.7 Å². The third-order valence-electron chi connectivity index (χ3n) is 3.32. The van der Waals surface area contributed by atoms with Gasteiger partial charge in [0.05, 0.1) is 12.0 Å². The lowest BCUT2D eigenvalue weighted by molar-refractivity contribution is -0.143. The van der Waals surface area contributed by atoms with E-state index < -0.39 is 17.9 Å². The Morgan fingerprint density at radius 1 is 1.29 bits per heavy atom. The number of aliphatic carboxylic acids is 1. The summed E-state index contributed by atoms with van der Waals surface area (Å²) in [5, 5.41) is 18.1. The molecule has 0 bridgehead atoms. The second-order valence-electron chi connectivity index (χ2n) is 5.09. The fourth-order valence-corrected chi connectivity index (χ4v) is 1.99. The zero-order valence-electron chi connectivity index (χ0n) is 12.3. The highest BCUT2D eigenvalue weighted by Gasteiger charge is 2.23. The Morgan fingerprint density at radius 2 is 1.86 bits per heavy atom. The van der Waals surface area contributed by atoms with E-state index in [-0.39, 0.29) is 18.2 Å². The average Bonchev–Trinajstić information content (AvgIpc) is 2.45. The number of nitrogens with zero attached hydrogens (tertiary/aromatic N) is 1. The number of amides is 1. The van der Waals surface area contributed by atoms with Crippen LogP contribution in [-0.2, 0) is 16.0 Å². The van der Waals surface area contributed by atoms with Crippen molar-refractivity contribution < 1.29 is 19.8 Å². The van der Waals surface area contributed by atoms with Crippen LogP contribution < -0.4 is 5.73 Å². The summed E-state index contributed by atoms with van der Waals surface area (Å²) in [4.78, 5) is 24.6. The van der Waals surface area contributed by atoms with Crippen molar-refractivity contribution in [1.82, 2.24) is 4.90 Å². The Hall–Kier alpha value is -2.08. The van der Waals surface area contributed by atoms with E-state index in [0.717, 1.165) is 5.56 Å². The molecule has 0 aromatic heterocycles. The number of hydrogen-bond donors (Lipinski definition) is 3. The quantitative estimate of drug-likeness (QED) is 0.691. The van der Waals surface area contributed by atoms with Gasteiger partial charge in [-0.2, -0.15) is 0 Å². The molecule has 0 spiro atoms. The van der Waals surface area contributed by atoms with Gasteiger partial charge in [0, 0.05) is 13.1 Å². The van der Waals surface area contributed by atoms with Gasteiger partial charge in [-0.05, 0) is 31.0 Å². The largest absolute Gasteiger partial charge is 0.508 e. The molecule has 0 saturated heterocycles. The van der Waals surface area contributed by atoms with Gasteiger partial charge >= 0.3 is 5.97 Å². The van der Waals surface area contributed by atoms with Crippen LogP contribution in [0.4, 0.5) is 0 Å². The van der Waals surface area contributed by atoms with Crippen molar-refractivity contribution in [3.05, 3.63) is 29.8 Å². The summed E-state index contributed by atoms with van der Waals surface area (Å²) in [7, 11) is 0. The number of carboxylic acids is 1. The molecule has 1 rings (SSSR count). The predicted octanol–water partition coefficient (Wildman–Crippen LogP) is 0.831. The van der Waals surface area contributed by atoms with Crippen LogP contribution in [0.25, 0.3) is 0 Å². The van der Waals surface area contributed by atoms with E-state index in [1.165, 1.54) is 17.0 Å². The maximum atomic E-state index is 12.3. The van der Waals surface area contributed by atoms with Gasteiger partial charge < -0.3 is 20.8 Å². The number of carbonyl (C=O) groups is 2. The van der Waals surface area contributed by atoms with Gasteiger partial charge in [0.1, 0.15) is 5.75 Å². The van der Waals surface area contributed by atoms with Gasteiger partial charge in [-0.3, -0.25) is 9.59 Å². The maximum Gasteiger partial charge on any atom is 0.308 e. The summed E-state index contributed by atoms with van der Waals surface area (Å²) in [5.74, 6) is -1.68. The Bertz CT molecular complexity index is 487. The number of likely N-dealkylation sites (N-methyl/N-ethyl adjacent to an activating group) is 1. The average molecular weight is 294 g/mol. The summed E-state index contributed by atoms with van der Waals surface area (Å²) < 4.78 is 0. The molecule has 4 N–H and O–H groups in total. The Labute approximate surface area is 124 Å². The van der Waals surface area contributed by atoms with Gasteiger partial charge in [0.2, 0.25) is 5.91 Å². The normalized spacial score (nSPS) is 13.5. The maximum absolute atomic E-state index is 12.3. The van der Waals surface area contributed by atoms with Crippen LogP contribution in [0.3, 0.4) is 0 Å². The molecule has 0 aliphatic carbocycles. The van der Waals surface area contributed by atoms with Crippen molar-refractivity contribution in [2.45, 2.75) is 26.3 Å². The monoisotopic (exact) mass is 294 g/mol. The standard InChI is InChI=1S/C15H22N2O4/c1-3-17(9-10(2)15(20)21)14(19)13(16)8-11-4-6-12(18)7-5-11/h4-7,10,13,18H,3,8-9,16H2,1-2H3,(H,20,21). The molecule has 6 heteroatoms. The zero-order valence-corrected chi connectivity index (χ0v) is 12.3. The molecule has 0 fully saturated rings. The van der Waals surface area contributed by atoms with E-state index in [0.29, 0.717) is 13.0 Å². The minimum absolute atomic E-state index is 0.147. The number of nitrogens with two attached hydrogens (primary N) is 1. The molecule has 0 aliphatic rings. The molecule has 21 heavy (non-hydrogen) atoms. The number of rotatable bonds is 7. The van der Waals surface area contributed by atoms with Gasteiger partial charge in [0.15, 0.2) is 0 Å². The first-order chi connectivity index (χ1) is 9.85. The first-order valence-corrected chi connectivity index (χ1v) is 6.90. The third-order valence-corrected chi connectivity index (χ3v) is 3.32. The highest BCUT2D eigenvalue weighted by Crippen LogP contribution is 2.12. The van der Waals surface area contributed by atoms with Crippen molar-refractivity contribution in [3.8, 4) is 5.75 Å². The molecule has 0 saturated carbocycles.